The molecule has 1 fully saturated rings. The monoisotopic (exact) mass is 382 g/mol. The van der Waals surface area contributed by atoms with Gasteiger partial charge in [0.15, 0.2) is 0 Å². The molecule has 2 aliphatic rings. The Balaban J connectivity index is 1.47. The Morgan fingerprint density at radius 3 is 2.61 bits per heavy atom. The lowest BCUT2D eigenvalue weighted by atomic mass is 9.92. The normalized spacial score (nSPS) is 20.8. The van der Waals surface area contributed by atoms with Gasteiger partial charge in [0.05, 0.1) is 30.6 Å². The number of nitrogens with zero attached hydrogens (tertiary/aromatic N) is 3. The molecule has 6 heteroatoms. The highest BCUT2D eigenvalue weighted by atomic mass is 16.3. The van der Waals surface area contributed by atoms with Gasteiger partial charge in [0.2, 0.25) is 5.91 Å². The van der Waals surface area contributed by atoms with Gasteiger partial charge in [0, 0.05) is 24.3 Å². The van der Waals surface area contributed by atoms with Crippen molar-refractivity contribution in [3.63, 3.8) is 0 Å². The molecular formula is C22H30N4O2. The first kappa shape index (κ1) is 19.2. The highest BCUT2D eigenvalue weighted by Crippen LogP contribution is 2.31. The van der Waals surface area contributed by atoms with Gasteiger partial charge in [0.1, 0.15) is 0 Å². The van der Waals surface area contributed by atoms with E-state index in [4.69, 9.17) is 0 Å². The Morgan fingerprint density at radius 1 is 1.18 bits per heavy atom. The minimum absolute atomic E-state index is 0.0336. The number of aliphatic hydroxyl groups excluding tert-OH is 1. The summed E-state index contributed by atoms with van der Waals surface area (Å²) in [5.41, 5.74) is 5.91. The number of hydrogen-bond donors (Lipinski definition) is 2. The number of benzene rings is 1. The average Bonchev–Trinajstić information content (AvgIpc) is 3.08. The van der Waals surface area contributed by atoms with E-state index in [1.807, 2.05) is 10.9 Å². The van der Waals surface area contributed by atoms with Crippen LogP contribution in [0.3, 0.4) is 0 Å². The second-order valence-electron chi connectivity index (χ2n) is 8.32. The maximum atomic E-state index is 12.6. The third kappa shape index (κ3) is 4.13. The number of fused-ring (bicyclic) bond motifs is 1. The summed E-state index contributed by atoms with van der Waals surface area (Å²) in [6, 6.07) is 6.52. The van der Waals surface area contributed by atoms with Gasteiger partial charge in [-0.3, -0.25) is 9.69 Å². The molecule has 0 spiro atoms. The molecule has 6 nitrogen and oxygen atoms in total. The van der Waals surface area contributed by atoms with Crippen LogP contribution in [0.2, 0.25) is 0 Å². The smallest absolute Gasteiger partial charge is 0.234 e. The summed E-state index contributed by atoms with van der Waals surface area (Å²) >= 11 is 0. The number of aryl methyl sites for hydroxylation is 2. The molecule has 2 N–H and O–H groups in total. The maximum Gasteiger partial charge on any atom is 0.234 e. The molecule has 0 saturated carbocycles. The second kappa shape index (κ2) is 8.05. The lowest BCUT2D eigenvalue weighted by Crippen LogP contribution is -2.43. The molecule has 1 atom stereocenters. The van der Waals surface area contributed by atoms with E-state index >= 15 is 0 Å². The summed E-state index contributed by atoms with van der Waals surface area (Å²) < 4.78 is 2.04. The molecule has 1 aromatic carbocycles. The standard InChI is InChI=1S/C22H30N4O2/c1-15-10-16(2)12-17(11-15)26-21-5-3-4-20(19(21)13-23-26)24-22(28)14-25-8-6-18(27)7-9-25/h10-13,18,20,27H,3-9,14H2,1-2H3,(H,24,28)/t20-/m0/s1. The maximum absolute atomic E-state index is 12.6. The van der Waals surface area contributed by atoms with Crippen molar-refractivity contribution in [2.75, 3.05) is 19.6 Å². The molecular weight excluding hydrogens is 352 g/mol. The van der Waals surface area contributed by atoms with E-state index in [1.54, 1.807) is 0 Å². The van der Waals surface area contributed by atoms with E-state index in [1.165, 1.54) is 16.8 Å². The van der Waals surface area contributed by atoms with Crippen LogP contribution in [-0.2, 0) is 11.2 Å². The summed E-state index contributed by atoms with van der Waals surface area (Å²) in [4.78, 5) is 14.7. The number of rotatable bonds is 4. The molecule has 2 heterocycles. The van der Waals surface area contributed by atoms with Crippen LogP contribution in [0.5, 0.6) is 0 Å². The fourth-order valence-electron chi connectivity index (χ4n) is 4.52. The number of aromatic nitrogens is 2. The van der Waals surface area contributed by atoms with E-state index in [0.29, 0.717) is 6.54 Å². The van der Waals surface area contributed by atoms with E-state index in [9.17, 15) is 9.90 Å². The number of aliphatic hydroxyl groups is 1. The van der Waals surface area contributed by atoms with Crippen molar-refractivity contribution in [2.45, 2.75) is 58.1 Å². The molecule has 4 rings (SSSR count). The predicted molar refractivity (Wildman–Crippen MR) is 109 cm³/mol. The van der Waals surface area contributed by atoms with Gasteiger partial charge in [0.25, 0.3) is 0 Å². The molecule has 2 aromatic rings. The van der Waals surface area contributed by atoms with Crippen LogP contribution in [0.15, 0.2) is 24.4 Å². The molecule has 1 saturated heterocycles. The van der Waals surface area contributed by atoms with Crippen LogP contribution in [0.25, 0.3) is 5.69 Å². The van der Waals surface area contributed by atoms with Crippen molar-refractivity contribution in [1.29, 1.82) is 0 Å². The van der Waals surface area contributed by atoms with Crippen LogP contribution in [0.1, 0.15) is 54.1 Å². The second-order valence-corrected chi connectivity index (χ2v) is 8.32. The van der Waals surface area contributed by atoms with Gasteiger partial charge in [-0.2, -0.15) is 5.10 Å². The molecule has 0 unspecified atom stereocenters. The van der Waals surface area contributed by atoms with Crippen molar-refractivity contribution < 1.29 is 9.90 Å². The zero-order valence-electron chi connectivity index (χ0n) is 16.8. The molecule has 1 amide bonds. The van der Waals surface area contributed by atoms with Crippen LogP contribution < -0.4 is 5.32 Å². The molecule has 1 aromatic heterocycles. The fraction of sp³-hybridized carbons (Fsp3) is 0.545. The quantitative estimate of drug-likeness (QED) is 0.852. The molecule has 0 radical (unpaired) electrons. The summed E-state index contributed by atoms with van der Waals surface area (Å²) in [5, 5.41) is 17.5. The Hall–Kier alpha value is -2.18. The minimum atomic E-state index is -0.212. The van der Waals surface area contributed by atoms with Crippen LogP contribution in [0, 0.1) is 13.8 Å². The third-order valence-corrected chi connectivity index (χ3v) is 5.89. The zero-order valence-corrected chi connectivity index (χ0v) is 16.8. The van der Waals surface area contributed by atoms with Crippen molar-refractivity contribution in [3.8, 4) is 5.69 Å². The first-order chi connectivity index (χ1) is 13.5. The predicted octanol–water partition coefficient (Wildman–Crippen LogP) is 2.44. The highest BCUT2D eigenvalue weighted by Gasteiger charge is 2.27. The van der Waals surface area contributed by atoms with E-state index in [2.05, 4.69) is 47.4 Å². The third-order valence-electron chi connectivity index (χ3n) is 5.89. The van der Waals surface area contributed by atoms with Crippen molar-refractivity contribution in [1.82, 2.24) is 20.0 Å². The number of likely N-dealkylation sites (tertiary alicyclic amines) is 1. The van der Waals surface area contributed by atoms with Crippen molar-refractivity contribution in [2.24, 2.45) is 0 Å². The Labute approximate surface area is 166 Å². The average molecular weight is 383 g/mol. The molecule has 150 valence electrons. The van der Waals surface area contributed by atoms with E-state index in [-0.39, 0.29) is 18.1 Å². The highest BCUT2D eigenvalue weighted by molar-refractivity contribution is 5.78. The SMILES string of the molecule is Cc1cc(C)cc(-n2ncc3c2CCC[C@@H]3NC(=O)CN2CCC(O)CC2)c1. The first-order valence-electron chi connectivity index (χ1n) is 10.3. The zero-order chi connectivity index (χ0) is 19.7. The van der Waals surface area contributed by atoms with Gasteiger partial charge in [-0.05, 0) is 69.2 Å². The Bertz CT molecular complexity index is 832. The molecule has 0 bridgehead atoms. The van der Waals surface area contributed by atoms with Gasteiger partial charge in [-0.1, -0.05) is 6.07 Å². The summed E-state index contributed by atoms with van der Waals surface area (Å²) in [6.45, 7) is 6.19. The van der Waals surface area contributed by atoms with Gasteiger partial charge < -0.3 is 10.4 Å². The van der Waals surface area contributed by atoms with Gasteiger partial charge >= 0.3 is 0 Å². The van der Waals surface area contributed by atoms with Crippen molar-refractivity contribution >= 4 is 5.91 Å². The van der Waals surface area contributed by atoms with Gasteiger partial charge in [-0.25, -0.2) is 4.68 Å². The van der Waals surface area contributed by atoms with E-state index in [0.717, 1.165) is 56.4 Å². The number of hydrogen-bond acceptors (Lipinski definition) is 4. The largest absolute Gasteiger partial charge is 0.393 e. The van der Waals surface area contributed by atoms with Crippen LogP contribution >= 0.6 is 0 Å². The topological polar surface area (TPSA) is 70.4 Å². The van der Waals surface area contributed by atoms with Crippen LogP contribution in [0.4, 0.5) is 0 Å². The van der Waals surface area contributed by atoms with Crippen LogP contribution in [-0.4, -0.2) is 51.4 Å². The Morgan fingerprint density at radius 2 is 1.89 bits per heavy atom. The summed E-state index contributed by atoms with van der Waals surface area (Å²) in [6.07, 6.45) is 6.21. The summed E-state index contributed by atoms with van der Waals surface area (Å²) in [7, 11) is 0. The van der Waals surface area contributed by atoms with E-state index < -0.39 is 0 Å². The number of amides is 1. The minimum Gasteiger partial charge on any atom is -0.393 e. The number of carbonyl (C=O) groups excluding carboxylic acids is 1. The number of piperidine rings is 1. The first-order valence-corrected chi connectivity index (χ1v) is 10.3. The molecule has 1 aliphatic heterocycles. The number of nitrogens with one attached hydrogen (secondary N) is 1. The van der Waals surface area contributed by atoms with Crippen molar-refractivity contribution in [3.05, 3.63) is 46.8 Å². The fourth-order valence-corrected chi connectivity index (χ4v) is 4.52. The Kier molecular flexibility index (Phi) is 5.51. The van der Waals surface area contributed by atoms with Gasteiger partial charge in [-0.15, -0.1) is 0 Å². The molecule has 1 aliphatic carbocycles. The summed E-state index contributed by atoms with van der Waals surface area (Å²) in [5.74, 6) is 0.0633. The lowest BCUT2D eigenvalue weighted by Gasteiger charge is -2.30. The number of carbonyl (C=O) groups is 1. The lowest BCUT2D eigenvalue weighted by molar-refractivity contribution is -0.123. The molecule has 28 heavy (non-hydrogen) atoms.